The second-order valence-corrected chi connectivity index (χ2v) is 5.53. The van der Waals surface area contributed by atoms with Crippen molar-refractivity contribution in [2.75, 3.05) is 6.61 Å². The van der Waals surface area contributed by atoms with Gasteiger partial charge in [-0.25, -0.2) is 4.79 Å². The molecule has 0 spiro atoms. The van der Waals surface area contributed by atoms with Crippen LogP contribution in [0.3, 0.4) is 0 Å². The topological polar surface area (TPSA) is 52.3 Å². The van der Waals surface area contributed by atoms with Gasteiger partial charge in [0.15, 0.2) is 0 Å². The Labute approximate surface area is 107 Å². The van der Waals surface area contributed by atoms with Crippen LogP contribution in [-0.4, -0.2) is 18.6 Å². The van der Waals surface area contributed by atoms with Crippen molar-refractivity contribution in [2.24, 2.45) is 23.5 Å². The molecule has 0 aliphatic heterocycles. The first-order valence-electron chi connectivity index (χ1n) is 6.73. The number of fused-ring (bicyclic) bond motifs is 1. The molecule has 96 valence electrons. The van der Waals surface area contributed by atoms with Crippen LogP contribution in [0.15, 0.2) is 30.3 Å². The molecule has 2 aliphatic carbocycles. The van der Waals surface area contributed by atoms with Gasteiger partial charge in [0, 0.05) is 6.04 Å². The molecule has 2 fully saturated rings. The molecule has 18 heavy (non-hydrogen) atoms. The van der Waals surface area contributed by atoms with Crippen molar-refractivity contribution in [3.8, 4) is 0 Å². The highest BCUT2D eigenvalue weighted by Gasteiger charge is 2.49. The third kappa shape index (κ3) is 2.27. The van der Waals surface area contributed by atoms with Crippen LogP contribution in [0, 0.1) is 17.8 Å². The van der Waals surface area contributed by atoms with E-state index in [2.05, 4.69) is 0 Å². The number of esters is 1. The lowest BCUT2D eigenvalue weighted by Crippen LogP contribution is -2.31. The second-order valence-electron chi connectivity index (χ2n) is 5.53. The van der Waals surface area contributed by atoms with Gasteiger partial charge in [0.25, 0.3) is 0 Å². The van der Waals surface area contributed by atoms with E-state index in [1.54, 1.807) is 12.1 Å². The summed E-state index contributed by atoms with van der Waals surface area (Å²) in [6, 6.07) is 9.57. The predicted octanol–water partition coefficient (Wildman–Crippen LogP) is 2.22. The van der Waals surface area contributed by atoms with Crippen LogP contribution in [-0.2, 0) is 4.74 Å². The number of ether oxygens (including phenoxy) is 1. The smallest absolute Gasteiger partial charge is 0.338 e. The summed E-state index contributed by atoms with van der Waals surface area (Å²) in [5, 5.41) is 0. The first kappa shape index (κ1) is 11.7. The van der Waals surface area contributed by atoms with Gasteiger partial charge in [-0.15, -0.1) is 0 Å². The Balaban J connectivity index is 1.52. The minimum absolute atomic E-state index is 0.206. The number of carbonyl (C=O) groups is 1. The lowest BCUT2D eigenvalue weighted by molar-refractivity contribution is 0.0392. The Bertz CT molecular complexity index is 431. The van der Waals surface area contributed by atoms with E-state index in [-0.39, 0.29) is 5.97 Å². The van der Waals surface area contributed by atoms with Gasteiger partial charge in [0.2, 0.25) is 0 Å². The fraction of sp³-hybridized carbons (Fsp3) is 0.533. The van der Waals surface area contributed by atoms with Gasteiger partial charge in [-0.05, 0) is 49.1 Å². The number of hydrogen-bond acceptors (Lipinski definition) is 3. The Morgan fingerprint density at radius 1 is 1.22 bits per heavy atom. The van der Waals surface area contributed by atoms with Gasteiger partial charge in [-0.2, -0.15) is 0 Å². The molecule has 0 saturated heterocycles. The van der Waals surface area contributed by atoms with Crippen LogP contribution in [0.5, 0.6) is 0 Å². The van der Waals surface area contributed by atoms with E-state index in [1.165, 1.54) is 6.42 Å². The molecule has 1 aromatic carbocycles. The van der Waals surface area contributed by atoms with E-state index in [9.17, 15) is 4.79 Å². The molecule has 2 N–H and O–H groups in total. The molecule has 0 amide bonds. The maximum absolute atomic E-state index is 11.8. The summed E-state index contributed by atoms with van der Waals surface area (Å²) in [7, 11) is 0. The minimum atomic E-state index is -0.206. The molecule has 1 aromatic rings. The lowest BCUT2D eigenvalue weighted by atomic mass is 9.87. The summed E-state index contributed by atoms with van der Waals surface area (Å²) >= 11 is 0. The van der Waals surface area contributed by atoms with Gasteiger partial charge >= 0.3 is 5.97 Å². The number of benzene rings is 1. The fourth-order valence-corrected chi connectivity index (χ4v) is 3.15. The maximum Gasteiger partial charge on any atom is 0.338 e. The van der Waals surface area contributed by atoms with E-state index in [0.717, 1.165) is 12.8 Å². The monoisotopic (exact) mass is 245 g/mol. The van der Waals surface area contributed by atoms with Crippen molar-refractivity contribution in [3.05, 3.63) is 35.9 Å². The molecular weight excluding hydrogens is 226 g/mol. The Hall–Kier alpha value is -1.35. The van der Waals surface area contributed by atoms with Crippen LogP contribution in [0.1, 0.15) is 29.6 Å². The average molecular weight is 245 g/mol. The molecule has 3 heteroatoms. The zero-order chi connectivity index (χ0) is 12.5. The normalized spacial score (nSPS) is 33.6. The van der Waals surface area contributed by atoms with Gasteiger partial charge in [0.1, 0.15) is 0 Å². The molecule has 3 nitrogen and oxygen atoms in total. The van der Waals surface area contributed by atoms with Crippen LogP contribution >= 0.6 is 0 Å². The largest absolute Gasteiger partial charge is 0.462 e. The SMILES string of the molecule is N[C@H]1CC[C@@H](COC(=O)c2ccccc2)[C@@H]2C[C@@H]21. The molecule has 3 rings (SSSR count). The zero-order valence-electron chi connectivity index (χ0n) is 10.4. The number of nitrogens with two attached hydrogens (primary N) is 1. The van der Waals surface area contributed by atoms with Crippen molar-refractivity contribution in [1.82, 2.24) is 0 Å². The van der Waals surface area contributed by atoms with Crippen molar-refractivity contribution in [1.29, 1.82) is 0 Å². The predicted molar refractivity (Wildman–Crippen MR) is 69.0 cm³/mol. The highest BCUT2D eigenvalue weighted by Crippen LogP contribution is 2.52. The van der Waals surface area contributed by atoms with Crippen LogP contribution in [0.4, 0.5) is 0 Å². The summed E-state index contributed by atoms with van der Waals surface area (Å²) in [6.07, 6.45) is 3.41. The van der Waals surface area contributed by atoms with Crippen molar-refractivity contribution >= 4 is 5.97 Å². The highest BCUT2D eigenvalue weighted by molar-refractivity contribution is 5.89. The van der Waals surface area contributed by atoms with E-state index >= 15 is 0 Å². The molecule has 0 unspecified atom stereocenters. The van der Waals surface area contributed by atoms with Crippen LogP contribution in [0.25, 0.3) is 0 Å². The Morgan fingerprint density at radius 2 is 2.00 bits per heavy atom. The molecule has 4 atom stereocenters. The van der Waals surface area contributed by atoms with E-state index in [1.807, 2.05) is 18.2 Å². The zero-order valence-corrected chi connectivity index (χ0v) is 10.4. The summed E-state index contributed by atoms with van der Waals surface area (Å²) in [5.41, 5.74) is 6.66. The fourth-order valence-electron chi connectivity index (χ4n) is 3.15. The summed E-state index contributed by atoms with van der Waals surface area (Å²) in [6.45, 7) is 0.557. The summed E-state index contributed by atoms with van der Waals surface area (Å²) in [5.74, 6) is 1.72. The van der Waals surface area contributed by atoms with Crippen molar-refractivity contribution < 1.29 is 9.53 Å². The van der Waals surface area contributed by atoms with Gasteiger partial charge in [0.05, 0.1) is 12.2 Å². The molecular formula is C15H19NO2. The summed E-state index contributed by atoms with van der Waals surface area (Å²) in [4.78, 5) is 11.8. The van der Waals surface area contributed by atoms with E-state index < -0.39 is 0 Å². The van der Waals surface area contributed by atoms with Gasteiger partial charge in [-0.1, -0.05) is 18.2 Å². The van der Waals surface area contributed by atoms with Gasteiger partial charge < -0.3 is 10.5 Å². The first-order chi connectivity index (χ1) is 8.75. The average Bonchev–Trinajstić information content (AvgIpc) is 3.20. The molecule has 0 bridgehead atoms. The van der Waals surface area contributed by atoms with Crippen molar-refractivity contribution in [3.63, 3.8) is 0 Å². The standard InChI is InChI=1S/C15H19NO2/c16-14-7-6-11(12-8-13(12)14)9-18-15(17)10-4-2-1-3-5-10/h1-5,11-14H,6-9,16H2/t11-,12-,13-,14-/m0/s1. The first-order valence-corrected chi connectivity index (χ1v) is 6.73. The third-order valence-corrected chi connectivity index (χ3v) is 4.36. The Kier molecular flexibility index (Phi) is 3.08. The third-order valence-electron chi connectivity index (χ3n) is 4.36. The molecule has 0 radical (unpaired) electrons. The number of hydrogen-bond donors (Lipinski definition) is 1. The minimum Gasteiger partial charge on any atom is -0.462 e. The molecule has 0 heterocycles. The van der Waals surface area contributed by atoms with Gasteiger partial charge in [-0.3, -0.25) is 0 Å². The lowest BCUT2D eigenvalue weighted by Gasteiger charge is -2.25. The highest BCUT2D eigenvalue weighted by atomic mass is 16.5. The molecule has 2 saturated carbocycles. The quantitative estimate of drug-likeness (QED) is 0.831. The molecule has 0 aromatic heterocycles. The van der Waals surface area contributed by atoms with Crippen molar-refractivity contribution in [2.45, 2.75) is 25.3 Å². The summed E-state index contributed by atoms with van der Waals surface area (Å²) < 4.78 is 5.42. The van der Waals surface area contributed by atoms with E-state index in [4.69, 9.17) is 10.5 Å². The number of rotatable bonds is 3. The second kappa shape index (κ2) is 4.73. The van der Waals surface area contributed by atoms with Crippen LogP contribution < -0.4 is 5.73 Å². The number of carbonyl (C=O) groups excluding carboxylic acids is 1. The van der Waals surface area contributed by atoms with E-state index in [0.29, 0.717) is 36.0 Å². The Morgan fingerprint density at radius 3 is 2.78 bits per heavy atom. The van der Waals surface area contributed by atoms with Crippen LogP contribution in [0.2, 0.25) is 0 Å². The molecule has 2 aliphatic rings. The maximum atomic E-state index is 11.8.